The van der Waals surface area contributed by atoms with Gasteiger partial charge in [-0.3, -0.25) is 0 Å². The molecule has 0 aliphatic heterocycles. The largest absolute Gasteiger partial charge is 0.489 e. The molecule has 2 aromatic carbocycles. The molecule has 0 atom stereocenters. The number of halogens is 3. The molecule has 0 saturated heterocycles. The van der Waals surface area contributed by atoms with Crippen LogP contribution in [-0.2, 0) is 12.8 Å². The lowest BCUT2D eigenvalue weighted by Gasteiger charge is -2.09. The van der Waals surface area contributed by atoms with E-state index in [-0.39, 0.29) is 6.61 Å². The van der Waals surface area contributed by atoms with E-state index in [1.807, 2.05) is 12.1 Å². The second kappa shape index (κ2) is 5.82. The fraction of sp³-hybridized carbons (Fsp3) is 0.125. The highest BCUT2D eigenvalue weighted by Gasteiger charge is 2.29. The lowest BCUT2D eigenvalue weighted by molar-refractivity contribution is -0.137. The minimum atomic E-state index is -4.31. The average Bonchev–Trinajstić information content (AvgIpc) is 2.45. The van der Waals surface area contributed by atoms with E-state index in [9.17, 15) is 13.2 Å². The van der Waals surface area contributed by atoms with Crippen molar-refractivity contribution in [1.82, 2.24) is 0 Å². The second-order valence-electron chi connectivity index (χ2n) is 4.26. The summed E-state index contributed by atoms with van der Waals surface area (Å²) in [6, 6.07) is 12.2. The zero-order valence-electron chi connectivity index (χ0n) is 10.7. The quantitative estimate of drug-likeness (QED) is 0.770. The number of hydrogen-bond acceptors (Lipinski definition) is 1. The first-order valence-corrected chi connectivity index (χ1v) is 6.00. The third kappa shape index (κ3) is 3.63. The van der Waals surface area contributed by atoms with Crippen LogP contribution in [0.5, 0.6) is 5.75 Å². The van der Waals surface area contributed by atoms with Crippen molar-refractivity contribution < 1.29 is 17.9 Å². The predicted octanol–water partition coefficient (Wildman–Crippen LogP) is 4.93. The van der Waals surface area contributed by atoms with E-state index in [4.69, 9.17) is 4.74 Å². The maximum Gasteiger partial charge on any atom is 0.416 e. The molecule has 0 radical (unpaired) electrons. The van der Waals surface area contributed by atoms with Gasteiger partial charge in [-0.15, -0.1) is 0 Å². The first-order valence-electron chi connectivity index (χ1n) is 6.00. The minimum Gasteiger partial charge on any atom is -0.489 e. The Morgan fingerprint density at radius 2 is 1.55 bits per heavy atom. The first kappa shape index (κ1) is 14.2. The average molecular weight is 278 g/mol. The summed E-state index contributed by atoms with van der Waals surface area (Å²) in [4.78, 5) is 0. The van der Waals surface area contributed by atoms with E-state index in [0.29, 0.717) is 11.3 Å². The lowest BCUT2D eigenvalue weighted by Crippen LogP contribution is -2.05. The molecule has 0 aliphatic carbocycles. The van der Waals surface area contributed by atoms with Gasteiger partial charge in [-0.05, 0) is 35.4 Å². The van der Waals surface area contributed by atoms with Crippen LogP contribution in [0.1, 0.15) is 16.7 Å². The summed E-state index contributed by atoms with van der Waals surface area (Å²) in [5, 5.41) is 0. The van der Waals surface area contributed by atoms with Crippen molar-refractivity contribution in [2.75, 3.05) is 0 Å². The van der Waals surface area contributed by atoms with Crippen LogP contribution in [0.25, 0.3) is 6.08 Å². The highest BCUT2D eigenvalue weighted by atomic mass is 19.4. The molecule has 0 heterocycles. The monoisotopic (exact) mass is 278 g/mol. The van der Waals surface area contributed by atoms with Gasteiger partial charge in [0.1, 0.15) is 12.4 Å². The maximum atomic E-state index is 12.4. The number of benzene rings is 2. The number of ether oxygens (including phenoxy) is 1. The van der Waals surface area contributed by atoms with Crippen LogP contribution in [0.15, 0.2) is 55.1 Å². The Balaban J connectivity index is 1.98. The van der Waals surface area contributed by atoms with Crippen molar-refractivity contribution in [3.8, 4) is 5.75 Å². The van der Waals surface area contributed by atoms with Crippen LogP contribution in [0.2, 0.25) is 0 Å². The third-order valence-corrected chi connectivity index (χ3v) is 2.80. The Morgan fingerprint density at radius 3 is 2.05 bits per heavy atom. The molecule has 2 rings (SSSR count). The summed E-state index contributed by atoms with van der Waals surface area (Å²) in [7, 11) is 0. The first-order chi connectivity index (χ1) is 9.49. The number of hydrogen-bond donors (Lipinski definition) is 0. The Labute approximate surface area is 115 Å². The molecule has 0 unspecified atom stereocenters. The van der Waals surface area contributed by atoms with E-state index in [0.717, 1.165) is 17.7 Å². The molecule has 0 fully saturated rings. The van der Waals surface area contributed by atoms with Crippen LogP contribution in [0.3, 0.4) is 0 Å². The Hall–Kier alpha value is -2.23. The van der Waals surface area contributed by atoms with E-state index >= 15 is 0 Å². The van der Waals surface area contributed by atoms with Gasteiger partial charge >= 0.3 is 6.18 Å². The smallest absolute Gasteiger partial charge is 0.416 e. The molecule has 2 aromatic rings. The summed E-state index contributed by atoms with van der Waals surface area (Å²) in [5.41, 5.74) is 1.01. The number of rotatable bonds is 4. The minimum absolute atomic E-state index is 0.228. The molecule has 0 spiro atoms. The van der Waals surface area contributed by atoms with E-state index in [2.05, 4.69) is 6.58 Å². The topological polar surface area (TPSA) is 9.23 Å². The third-order valence-electron chi connectivity index (χ3n) is 2.80. The van der Waals surface area contributed by atoms with Crippen molar-refractivity contribution in [3.63, 3.8) is 0 Å². The Morgan fingerprint density at radius 1 is 0.950 bits per heavy atom. The van der Waals surface area contributed by atoms with Crippen molar-refractivity contribution in [3.05, 3.63) is 71.8 Å². The van der Waals surface area contributed by atoms with Gasteiger partial charge in [-0.2, -0.15) is 13.2 Å². The lowest BCUT2D eigenvalue weighted by atomic mass is 10.1. The molecule has 0 aliphatic rings. The molecule has 0 N–H and O–H groups in total. The summed E-state index contributed by atoms with van der Waals surface area (Å²) in [5.74, 6) is 0.662. The van der Waals surface area contributed by atoms with Gasteiger partial charge in [0.15, 0.2) is 0 Å². The van der Waals surface area contributed by atoms with Gasteiger partial charge < -0.3 is 4.74 Å². The summed E-state index contributed by atoms with van der Waals surface area (Å²) < 4.78 is 42.7. The molecule has 0 bridgehead atoms. The molecule has 0 saturated carbocycles. The van der Waals surface area contributed by atoms with E-state index in [1.54, 1.807) is 18.2 Å². The molecular formula is C16H13F3O. The summed E-state index contributed by atoms with van der Waals surface area (Å²) in [6.45, 7) is 3.88. The normalized spacial score (nSPS) is 11.2. The van der Waals surface area contributed by atoms with Crippen LogP contribution in [-0.4, -0.2) is 0 Å². The molecular weight excluding hydrogens is 265 g/mol. The summed E-state index contributed by atoms with van der Waals surface area (Å²) >= 11 is 0. The van der Waals surface area contributed by atoms with Crippen LogP contribution in [0.4, 0.5) is 13.2 Å². The van der Waals surface area contributed by atoms with Crippen molar-refractivity contribution in [2.45, 2.75) is 12.8 Å². The van der Waals surface area contributed by atoms with Gasteiger partial charge in [0.2, 0.25) is 0 Å². The van der Waals surface area contributed by atoms with Crippen LogP contribution >= 0.6 is 0 Å². The zero-order valence-corrected chi connectivity index (χ0v) is 10.7. The van der Waals surface area contributed by atoms with Gasteiger partial charge in [0, 0.05) is 0 Å². The Bertz CT molecular complexity index is 568. The molecule has 104 valence electrons. The highest BCUT2D eigenvalue weighted by molar-refractivity contribution is 5.48. The standard InChI is InChI=1S/C16H13F3O/c1-2-12-5-9-15(10-6-12)20-11-13-3-7-14(8-4-13)16(17,18)19/h2-10H,1,11H2. The van der Waals surface area contributed by atoms with Gasteiger partial charge in [-0.25, -0.2) is 0 Å². The zero-order chi connectivity index (χ0) is 14.6. The molecule has 0 amide bonds. The van der Waals surface area contributed by atoms with Crippen LogP contribution < -0.4 is 4.74 Å². The van der Waals surface area contributed by atoms with Gasteiger partial charge in [0.25, 0.3) is 0 Å². The van der Waals surface area contributed by atoms with E-state index < -0.39 is 11.7 Å². The van der Waals surface area contributed by atoms with Gasteiger partial charge in [-0.1, -0.05) is 36.9 Å². The molecule has 20 heavy (non-hydrogen) atoms. The SMILES string of the molecule is C=Cc1ccc(OCc2ccc(C(F)(F)F)cc2)cc1. The van der Waals surface area contributed by atoms with E-state index in [1.165, 1.54) is 12.1 Å². The van der Waals surface area contributed by atoms with Crippen LogP contribution in [0, 0.1) is 0 Å². The fourth-order valence-electron chi connectivity index (χ4n) is 1.66. The summed E-state index contributed by atoms with van der Waals surface area (Å²) in [6.07, 6.45) is -2.58. The fourth-order valence-corrected chi connectivity index (χ4v) is 1.66. The molecule has 4 heteroatoms. The second-order valence-corrected chi connectivity index (χ2v) is 4.26. The molecule has 0 aromatic heterocycles. The maximum absolute atomic E-state index is 12.4. The van der Waals surface area contributed by atoms with Crippen molar-refractivity contribution in [1.29, 1.82) is 0 Å². The number of alkyl halides is 3. The highest BCUT2D eigenvalue weighted by Crippen LogP contribution is 2.29. The molecule has 1 nitrogen and oxygen atoms in total. The van der Waals surface area contributed by atoms with Crippen molar-refractivity contribution in [2.24, 2.45) is 0 Å². The predicted molar refractivity (Wildman–Crippen MR) is 72.3 cm³/mol. The van der Waals surface area contributed by atoms with Crippen molar-refractivity contribution >= 4 is 6.08 Å². The van der Waals surface area contributed by atoms with Gasteiger partial charge in [0.05, 0.1) is 5.56 Å². The Kier molecular flexibility index (Phi) is 4.13.